The second-order valence-electron chi connectivity index (χ2n) is 26.3. The zero-order valence-corrected chi connectivity index (χ0v) is 81.6. The molecule has 6 aromatic rings. The SMILES string of the molecule is C=CCC(CC=C)c1ccc(C)c(Br)c1.C=CCC(O)(CC=C)c1ccc(C)c(Br)c1.C=C[CH2-].CN=O.COC(=O)c1ccc(C)c(Br)c1.COC(C)(C)OC.COc1ccc(C2CC=CC2)cc1Br.COc1ccc(C2C[C@@H](O)[C@@H](O)C2)cc1Br.COc1ccc(C2C[C@@H]3OC(C)(C)O[C@@H]3C2)cc1Br.[Br-].[Mg+2].[O]=[Os](=[O])(=[O])=[O]. The van der Waals surface area contributed by atoms with Gasteiger partial charge in [0, 0.05) is 27.6 Å². The third kappa shape index (κ3) is 40.8. The molecule has 2 unspecified atom stereocenters. The number of nitroso groups, excluding NO2 is 1. The van der Waals surface area contributed by atoms with Crippen LogP contribution in [0.2, 0.25) is 0 Å². The van der Waals surface area contributed by atoms with Crippen molar-refractivity contribution in [1.29, 1.82) is 0 Å². The molecule has 3 aliphatic carbocycles. The third-order valence-corrected chi connectivity index (χ3v) is 22.0. The average molecular weight is 2190 g/mol. The van der Waals surface area contributed by atoms with Gasteiger partial charge in [-0.05, 0) is 289 Å². The summed E-state index contributed by atoms with van der Waals surface area (Å²) in [5, 5.41) is 31.8. The second-order valence-corrected chi connectivity index (χ2v) is 34.0. The zero-order chi connectivity index (χ0) is 83.7. The Kier molecular flexibility index (Phi) is 55.9. The van der Waals surface area contributed by atoms with Gasteiger partial charge in [-0.25, -0.2) is 24.4 Å². The Hall–Kier alpha value is -4.22. The van der Waals surface area contributed by atoms with Gasteiger partial charge in [0.2, 0.25) is 0 Å². The van der Waals surface area contributed by atoms with Crippen LogP contribution in [0.1, 0.15) is 170 Å². The summed E-state index contributed by atoms with van der Waals surface area (Å²) in [6.45, 7) is 35.3. The molecule has 3 fully saturated rings. The summed E-state index contributed by atoms with van der Waals surface area (Å²) < 4.78 is 82.4. The molecule has 18 nitrogen and oxygen atoms in total. The number of allylic oxidation sites excluding steroid dienone is 5. The van der Waals surface area contributed by atoms with E-state index in [2.05, 4.69) is 207 Å². The van der Waals surface area contributed by atoms with Crippen molar-refractivity contribution in [2.45, 2.75) is 178 Å². The molecule has 616 valence electrons. The van der Waals surface area contributed by atoms with Crippen LogP contribution in [0.5, 0.6) is 17.2 Å². The van der Waals surface area contributed by atoms with E-state index in [4.69, 9.17) is 52.2 Å². The fraction of sp³-hybridized carbons (Fsp3) is 0.412. The third-order valence-electron chi connectivity index (χ3n) is 17.6. The Morgan fingerprint density at radius 3 is 1.24 bits per heavy atom. The number of aliphatic hydroxyl groups excluding tert-OH is 2. The van der Waals surface area contributed by atoms with Crippen LogP contribution in [-0.2, 0) is 58.3 Å². The molecule has 112 heavy (non-hydrogen) atoms. The van der Waals surface area contributed by atoms with E-state index in [9.17, 15) is 20.1 Å². The van der Waals surface area contributed by atoms with Gasteiger partial charge in [0.05, 0.1) is 84.5 Å². The van der Waals surface area contributed by atoms with Gasteiger partial charge in [-0.2, -0.15) is 4.91 Å². The first-order chi connectivity index (χ1) is 51.7. The number of benzene rings is 6. The van der Waals surface area contributed by atoms with Crippen LogP contribution in [0.3, 0.4) is 0 Å². The van der Waals surface area contributed by atoms with Crippen LogP contribution < -0.4 is 31.2 Å². The number of methoxy groups -OCH3 is 6. The Morgan fingerprint density at radius 1 is 0.580 bits per heavy atom. The molecule has 6 aromatic carbocycles. The van der Waals surface area contributed by atoms with E-state index in [-0.39, 0.29) is 64.1 Å². The van der Waals surface area contributed by atoms with Crippen LogP contribution in [-0.4, -0.2) is 130 Å². The van der Waals surface area contributed by atoms with Crippen molar-refractivity contribution in [2.75, 3.05) is 49.7 Å². The molecule has 2 saturated carbocycles. The van der Waals surface area contributed by atoms with Crippen LogP contribution >= 0.6 is 95.6 Å². The number of nitrogens with zero attached hydrogens (tertiary/aromatic N) is 1. The standard InChI is InChI=1S/C15H19BrO3.C14H17BrO.C14H17Br.C12H15BrO3.C12H13BrO.C9H9BrO2.C5H12O2.C3H5.CH3NO.BrH.Mg.4O.Os/c1-15(2)18-13-7-10(8-14(13)19-15)9-4-5-12(17-3)11(16)6-9;1-4-8-14(16,9-5-2)12-7-6-11(3)13(15)10-12;1-4-6-12(7-5-2)13-9-8-11(3)14(15)10-13;1-16-12-3-2-7(4-9(12)13)8-5-10(14)11(15)6-8;1-14-12-7-6-10(8-11(12)13)9-4-2-3-5-9;1-6-3-4-7(5-8(6)10)9(11)12-2;1-5(2,6-3)7-4;1-3-2;1-2-3;;;;;;;/h4-6,10,13-14H,7-8H2,1-3H3;4-7,10,16H,1-2,8-9H2,3H3;4-5,8-10,12H,1-2,6-7H2,3H3;2-4,8,10-11,14-15H,5-6H2,1H3;2-3,6-9H,4-5H2,1H3;3-5H,1-2H3;1-4H3;3H,1-2H2;1H3;1H;;;;;;/q;;;;;;;-1;;;+2;;;;;/p-1/t10?,13-,14+;;;8?,10-,11+;;;;;;;;;;;;. The predicted octanol–water partition coefficient (Wildman–Crippen LogP) is 20.0. The Bertz CT molecular complexity index is 4080. The maximum absolute atomic E-state index is 11.0. The minimum absolute atomic E-state index is 0. The van der Waals surface area contributed by atoms with Gasteiger partial charge in [-0.3, -0.25) is 0 Å². The van der Waals surface area contributed by atoms with E-state index in [0.717, 1.165) is 87.5 Å². The molecule has 0 spiro atoms. The van der Waals surface area contributed by atoms with Crippen LogP contribution in [0.4, 0.5) is 0 Å². The summed E-state index contributed by atoms with van der Waals surface area (Å²) in [5.74, 6) is 3.34. The molecule has 1 aliphatic heterocycles. The summed E-state index contributed by atoms with van der Waals surface area (Å²) in [6.07, 6.45) is 21.4. The molecule has 0 amide bonds. The molecule has 1 saturated heterocycles. The number of carbonyl (C=O) groups excluding carboxylic acids is 1. The zero-order valence-electron chi connectivity index (χ0n) is 66.6. The van der Waals surface area contributed by atoms with Crippen molar-refractivity contribution in [2.24, 2.45) is 5.18 Å². The van der Waals surface area contributed by atoms with Gasteiger partial charge >= 0.3 is 58.0 Å². The first kappa shape index (κ1) is 110. The Balaban J connectivity index is 0. The van der Waals surface area contributed by atoms with E-state index in [0.29, 0.717) is 49.0 Å². The van der Waals surface area contributed by atoms with Crippen molar-refractivity contribution in [3.8, 4) is 17.2 Å². The normalized spacial score (nSPS) is 17.2. The number of rotatable bonds is 19. The van der Waals surface area contributed by atoms with Crippen molar-refractivity contribution in [3.63, 3.8) is 0 Å². The number of esters is 1. The molecule has 27 heteroatoms. The van der Waals surface area contributed by atoms with E-state index < -0.39 is 44.2 Å². The van der Waals surface area contributed by atoms with Crippen LogP contribution in [0, 0.1) is 32.6 Å². The monoisotopic (exact) mass is 2190 g/mol. The molecule has 10 rings (SSSR count). The minimum atomic E-state index is -6.06. The summed E-state index contributed by atoms with van der Waals surface area (Å²) in [7, 11) is 10.8. The van der Waals surface area contributed by atoms with E-state index in [1.807, 2.05) is 108 Å². The number of fused-ring (bicyclic) bond motifs is 1. The van der Waals surface area contributed by atoms with Crippen LogP contribution in [0.15, 0.2) is 217 Å². The average Bonchev–Trinajstić information content (AvgIpc) is 1.62. The number of aryl methyl sites for hydroxylation is 3. The second kappa shape index (κ2) is 57.0. The van der Waals surface area contributed by atoms with Crippen LogP contribution in [0.25, 0.3) is 0 Å². The molecular weight excluding hydrogens is 2080 g/mol. The van der Waals surface area contributed by atoms with E-state index >= 15 is 0 Å². The van der Waals surface area contributed by atoms with Gasteiger partial charge in [0.1, 0.15) is 17.2 Å². The number of ether oxygens (including phenoxy) is 8. The Morgan fingerprint density at radius 2 is 0.929 bits per heavy atom. The van der Waals surface area contributed by atoms with Gasteiger partial charge in [-0.15, -0.1) is 26.3 Å². The molecule has 3 N–H and O–H groups in total. The number of carbonyl (C=O) groups is 1. The van der Waals surface area contributed by atoms with Crippen molar-refractivity contribution < 1.29 is 104 Å². The first-order valence-electron chi connectivity index (χ1n) is 34.9. The molecule has 0 radical (unpaired) electrons. The quantitative estimate of drug-likeness (QED) is 0.0170. The van der Waals surface area contributed by atoms with Crippen molar-refractivity contribution >= 4 is 125 Å². The van der Waals surface area contributed by atoms with Gasteiger partial charge in [-0.1, -0.05) is 138 Å². The molecular formula is C85H110Br7MgNO17Os. The summed E-state index contributed by atoms with van der Waals surface area (Å²) >= 11 is 14.8. The fourth-order valence-corrected chi connectivity index (χ4v) is 14.3. The molecule has 0 bridgehead atoms. The number of hydrogen-bond acceptors (Lipinski definition) is 18. The fourth-order valence-electron chi connectivity index (χ4n) is 11.4. The molecule has 1 heterocycles. The van der Waals surface area contributed by atoms with Crippen molar-refractivity contribution in [1.82, 2.24) is 0 Å². The molecule has 6 atom stereocenters. The number of hydrogen-bond donors (Lipinski definition) is 3. The van der Waals surface area contributed by atoms with Gasteiger partial charge in [0.25, 0.3) is 0 Å². The summed E-state index contributed by atoms with van der Waals surface area (Å²) in [4.78, 5) is 19.6. The van der Waals surface area contributed by atoms with E-state index in [1.165, 1.54) is 59.8 Å². The van der Waals surface area contributed by atoms with E-state index in [1.54, 1.807) is 59.8 Å². The Labute approximate surface area is 744 Å². The molecule has 0 aromatic heterocycles. The summed E-state index contributed by atoms with van der Waals surface area (Å²) in [5.41, 5.74) is 9.30. The summed E-state index contributed by atoms with van der Waals surface area (Å²) in [6, 6.07) is 36.3. The molecule has 4 aliphatic rings. The van der Waals surface area contributed by atoms with Gasteiger partial charge < -0.3 is 70.2 Å². The number of aliphatic hydroxyl groups is 3. The maximum atomic E-state index is 11.0. The predicted molar refractivity (Wildman–Crippen MR) is 461 cm³/mol. The van der Waals surface area contributed by atoms with Crippen molar-refractivity contribution in [3.05, 3.63) is 273 Å². The first-order valence-corrected chi connectivity index (χ1v) is 43.8. The number of halogens is 7. The topological polar surface area (TPSA) is 249 Å². The van der Waals surface area contributed by atoms with Gasteiger partial charge in [0.15, 0.2) is 11.6 Å².